The number of amides is 1. The summed E-state index contributed by atoms with van der Waals surface area (Å²) >= 11 is 3.35. The van der Waals surface area contributed by atoms with Crippen LogP contribution in [0.2, 0.25) is 0 Å². The summed E-state index contributed by atoms with van der Waals surface area (Å²) < 4.78 is 8.31. The number of carbonyl (C=O) groups is 1. The van der Waals surface area contributed by atoms with Crippen molar-refractivity contribution in [2.75, 3.05) is 0 Å². The molecule has 2 bridgehead atoms. The first-order valence-electron chi connectivity index (χ1n) is 11.1. The Kier molecular flexibility index (Phi) is 5.08. The molecule has 8 heteroatoms. The molecule has 3 aromatic heterocycles. The van der Waals surface area contributed by atoms with Gasteiger partial charge in [0.15, 0.2) is 5.65 Å². The van der Waals surface area contributed by atoms with E-state index >= 15 is 0 Å². The third-order valence-electron chi connectivity index (χ3n) is 6.52. The molecule has 3 atom stereocenters. The Labute approximate surface area is 194 Å². The molecule has 2 fully saturated rings. The molecule has 1 aromatic carbocycles. The minimum Gasteiger partial charge on any atom is -0.431 e. The molecule has 0 saturated carbocycles. The molecule has 2 aliphatic rings. The van der Waals surface area contributed by atoms with E-state index in [1.54, 1.807) is 13.1 Å². The lowest BCUT2D eigenvalue weighted by molar-refractivity contribution is -0.120. The molecule has 32 heavy (non-hydrogen) atoms. The number of hydrogen-bond donors (Lipinski definition) is 1. The van der Waals surface area contributed by atoms with Crippen molar-refractivity contribution < 1.29 is 9.53 Å². The number of rotatable bonds is 5. The smallest absolute Gasteiger partial charge is 0.281 e. The van der Waals surface area contributed by atoms with Gasteiger partial charge in [0.05, 0.1) is 4.70 Å². The Hall–Kier alpha value is -2.55. The molecule has 0 aliphatic carbocycles. The fourth-order valence-corrected chi connectivity index (χ4v) is 7.12. The molecule has 1 amide bonds. The number of nitrogens with one attached hydrogen (secondary N) is 1. The van der Waals surface area contributed by atoms with Gasteiger partial charge in [0, 0.05) is 47.4 Å². The highest BCUT2D eigenvalue weighted by Gasteiger charge is 2.40. The predicted molar refractivity (Wildman–Crippen MR) is 129 cm³/mol. The topological polar surface area (TPSA) is 67.4 Å². The molecular weight excluding hydrogens is 440 g/mol. The summed E-state index contributed by atoms with van der Waals surface area (Å²) in [5.74, 6) is 0.897. The number of pyridine rings is 1. The predicted octanol–water partition coefficient (Wildman–Crippen LogP) is 5.33. The van der Waals surface area contributed by atoms with Crippen LogP contribution >= 0.6 is 22.7 Å². The Morgan fingerprint density at radius 2 is 2.00 bits per heavy atom. The van der Waals surface area contributed by atoms with E-state index in [4.69, 9.17) is 4.74 Å². The van der Waals surface area contributed by atoms with Crippen LogP contribution in [-0.2, 0) is 11.3 Å². The first-order chi connectivity index (χ1) is 15.6. The Morgan fingerprint density at radius 1 is 1.16 bits per heavy atom. The van der Waals surface area contributed by atoms with Gasteiger partial charge in [-0.05, 0) is 67.5 Å². The van der Waals surface area contributed by atoms with Crippen LogP contribution in [0.4, 0.5) is 0 Å². The molecule has 2 saturated heterocycles. The number of nitrogens with zero attached hydrogens (tertiary/aromatic N) is 3. The lowest BCUT2D eigenvalue weighted by atomic mass is 9.97. The fraction of sp³-hybridized carbons (Fsp3) is 0.375. The third-order valence-corrected chi connectivity index (χ3v) is 8.49. The number of thiophene rings is 1. The van der Waals surface area contributed by atoms with Crippen molar-refractivity contribution in [2.45, 2.75) is 57.3 Å². The average molecular weight is 465 g/mol. The summed E-state index contributed by atoms with van der Waals surface area (Å²) in [7, 11) is 0. The van der Waals surface area contributed by atoms with Gasteiger partial charge in [0.1, 0.15) is 5.75 Å². The fourth-order valence-electron chi connectivity index (χ4n) is 5.22. The first kappa shape index (κ1) is 20.1. The van der Waals surface area contributed by atoms with Gasteiger partial charge in [-0.1, -0.05) is 11.3 Å². The van der Waals surface area contributed by atoms with Crippen LogP contribution in [0.3, 0.4) is 0 Å². The molecule has 6 rings (SSSR count). The number of benzene rings is 1. The number of fused-ring (bicyclic) bond motifs is 4. The molecule has 5 heterocycles. The summed E-state index contributed by atoms with van der Waals surface area (Å²) in [4.78, 5) is 24.3. The van der Waals surface area contributed by atoms with Crippen LogP contribution in [0.15, 0.2) is 42.6 Å². The maximum absolute atomic E-state index is 11.5. The van der Waals surface area contributed by atoms with Crippen LogP contribution in [-0.4, -0.2) is 38.9 Å². The third kappa shape index (κ3) is 3.87. The van der Waals surface area contributed by atoms with Gasteiger partial charge in [-0.2, -0.15) is 4.98 Å². The minimum atomic E-state index is 0.0903. The average Bonchev–Trinajstić information content (AvgIpc) is 3.41. The van der Waals surface area contributed by atoms with Gasteiger partial charge in [-0.15, -0.1) is 11.3 Å². The SMILES string of the molecule is CC(=O)N[C@H]1C[C@H]2CC[C@@H](C1)N2Cc1cc2ccc(Oc3nc4ncccc4s3)cc2s1. The highest BCUT2D eigenvalue weighted by Crippen LogP contribution is 2.39. The maximum Gasteiger partial charge on any atom is 0.281 e. The van der Waals surface area contributed by atoms with Gasteiger partial charge >= 0.3 is 0 Å². The summed E-state index contributed by atoms with van der Waals surface area (Å²) in [5.41, 5.74) is 0.726. The molecule has 0 radical (unpaired) electrons. The van der Waals surface area contributed by atoms with E-state index in [0.717, 1.165) is 35.5 Å². The van der Waals surface area contributed by atoms with Gasteiger partial charge in [-0.25, -0.2) is 4.98 Å². The van der Waals surface area contributed by atoms with E-state index in [1.165, 1.54) is 39.1 Å². The summed E-state index contributed by atoms with van der Waals surface area (Å²) in [6.07, 6.45) is 6.35. The molecule has 0 spiro atoms. The maximum atomic E-state index is 11.5. The van der Waals surface area contributed by atoms with Crippen molar-refractivity contribution >= 4 is 49.0 Å². The molecule has 0 unspecified atom stereocenters. The van der Waals surface area contributed by atoms with Crippen molar-refractivity contribution in [1.82, 2.24) is 20.2 Å². The summed E-state index contributed by atoms with van der Waals surface area (Å²) in [6, 6.07) is 14.0. The number of carbonyl (C=O) groups excluding carboxylic acids is 1. The number of ether oxygens (including phenoxy) is 1. The Morgan fingerprint density at radius 3 is 2.78 bits per heavy atom. The zero-order chi connectivity index (χ0) is 21.7. The summed E-state index contributed by atoms with van der Waals surface area (Å²) in [6.45, 7) is 2.61. The standard InChI is InChI=1S/C24H24N4O2S2/c1-14(29)26-16-10-17-5-6-18(11-16)28(17)13-20-9-15-4-7-19(12-22(15)31-20)30-24-27-23-21(32-24)3-2-8-25-23/h2-4,7-9,12,16-18H,5-6,10-11,13H2,1H3,(H,26,29)/t16-,17+,18-. The summed E-state index contributed by atoms with van der Waals surface area (Å²) in [5, 5.41) is 5.01. The van der Waals surface area contributed by atoms with Gasteiger partial charge in [0.25, 0.3) is 5.19 Å². The quantitative estimate of drug-likeness (QED) is 0.432. The molecule has 164 valence electrons. The Balaban J connectivity index is 1.17. The molecule has 4 aromatic rings. The second kappa shape index (κ2) is 8.10. The first-order valence-corrected chi connectivity index (χ1v) is 12.7. The van der Waals surface area contributed by atoms with Crippen LogP contribution in [0.5, 0.6) is 10.9 Å². The van der Waals surface area contributed by atoms with Crippen molar-refractivity contribution in [3.8, 4) is 10.9 Å². The van der Waals surface area contributed by atoms with Crippen LogP contribution in [0.1, 0.15) is 37.5 Å². The van der Waals surface area contributed by atoms with Gasteiger partial charge in [0.2, 0.25) is 5.91 Å². The molecule has 1 N–H and O–H groups in total. The van der Waals surface area contributed by atoms with Crippen molar-refractivity contribution in [3.63, 3.8) is 0 Å². The van der Waals surface area contributed by atoms with E-state index in [1.807, 2.05) is 29.5 Å². The monoisotopic (exact) mass is 464 g/mol. The number of aromatic nitrogens is 2. The van der Waals surface area contributed by atoms with Crippen LogP contribution < -0.4 is 10.1 Å². The van der Waals surface area contributed by atoms with Gasteiger partial charge in [-0.3, -0.25) is 9.69 Å². The second-order valence-electron chi connectivity index (χ2n) is 8.75. The zero-order valence-corrected chi connectivity index (χ0v) is 19.4. The van der Waals surface area contributed by atoms with Crippen LogP contribution in [0.25, 0.3) is 20.4 Å². The van der Waals surface area contributed by atoms with E-state index in [2.05, 4.69) is 38.4 Å². The molecule has 6 nitrogen and oxygen atoms in total. The largest absolute Gasteiger partial charge is 0.431 e. The second-order valence-corrected chi connectivity index (χ2v) is 10.9. The highest BCUT2D eigenvalue weighted by atomic mass is 32.1. The van der Waals surface area contributed by atoms with Gasteiger partial charge < -0.3 is 10.1 Å². The van der Waals surface area contributed by atoms with Crippen molar-refractivity contribution in [1.29, 1.82) is 0 Å². The van der Waals surface area contributed by atoms with E-state index in [0.29, 0.717) is 23.3 Å². The number of piperidine rings is 1. The Bertz CT molecular complexity index is 1250. The lowest BCUT2D eigenvalue weighted by Gasteiger charge is -2.38. The van der Waals surface area contributed by atoms with E-state index in [-0.39, 0.29) is 5.91 Å². The number of hydrogen-bond acceptors (Lipinski definition) is 7. The van der Waals surface area contributed by atoms with Crippen molar-refractivity contribution in [2.24, 2.45) is 0 Å². The van der Waals surface area contributed by atoms with E-state index < -0.39 is 0 Å². The molecular formula is C24H24N4O2S2. The number of thiazole rings is 1. The highest BCUT2D eigenvalue weighted by molar-refractivity contribution is 7.20. The molecule has 2 aliphatic heterocycles. The normalized spacial score (nSPS) is 23.1. The van der Waals surface area contributed by atoms with Crippen molar-refractivity contribution in [3.05, 3.63) is 47.5 Å². The van der Waals surface area contributed by atoms with E-state index in [9.17, 15) is 4.79 Å². The lowest BCUT2D eigenvalue weighted by Crippen LogP contribution is -2.49. The minimum absolute atomic E-state index is 0.0903. The van der Waals surface area contributed by atoms with Crippen LogP contribution in [0, 0.1) is 0 Å². The zero-order valence-electron chi connectivity index (χ0n) is 17.8.